The fourth-order valence-corrected chi connectivity index (χ4v) is 5.45. The van der Waals surface area contributed by atoms with Crippen molar-refractivity contribution in [2.75, 3.05) is 4.90 Å². The molecule has 6 rings (SSSR count). The number of hydrogen-bond acceptors (Lipinski definition) is 3. The van der Waals surface area contributed by atoms with Crippen molar-refractivity contribution in [1.82, 2.24) is 4.90 Å². The zero-order valence-corrected chi connectivity index (χ0v) is 19.7. The maximum atomic E-state index is 5.32. The van der Waals surface area contributed by atoms with Gasteiger partial charge in [-0.15, -0.1) is 0 Å². The third kappa shape index (κ3) is 3.31. The van der Waals surface area contributed by atoms with Crippen LogP contribution in [0.4, 0.5) is 11.4 Å². The summed E-state index contributed by atoms with van der Waals surface area (Å²) in [6, 6.07) is 34.4. The smallest absolute Gasteiger partial charge is 0.215 e. The lowest BCUT2D eigenvalue weighted by Crippen LogP contribution is -2.41. The standard InChI is InChI=1S/C31H27N3/c1-21-18-22(2)29(23(3)19-21)33-20-34-30(25-14-8-5-9-15-25)28(24-12-6-4-7-13-24)32-31(34)26-16-10-11-17-27(26)33/h4-19,28,30H,1-3H3/t28-,30-/m0/s1. The molecule has 4 aromatic rings. The number of fused-ring (bicyclic) bond motifs is 3. The number of anilines is 2. The SMILES string of the molecule is Cc1cc(C)c(N2[C]N3C(=N[C@@H](c4ccccc4)[C@@H]3c3ccccc3)c3ccccc32)c(C)c1. The van der Waals surface area contributed by atoms with Crippen molar-refractivity contribution < 1.29 is 0 Å². The Balaban J connectivity index is 1.54. The Morgan fingerprint density at radius 1 is 0.706 bits per heavy atom. The van der Waals surface area contributed by atoms with Gasteiger partial charge in [0.05, 0.1) is 11.7 Å². The third-order valence-electron chi connectivity index (χ3n) is 6.80. The molecule has 2 radical (unpaired) electrons. The van der Waals surface area contributed by atoms with Crippen molar-refractivity contribution in [2.24, 2.45) is 4.99 Å². The van der Waals surface area contributed by atoms with Crippen LogP contribution in [0.2, 0.25) is 0 Å². The van der Waals surface area contributed by atoms with E-state index in [1.54, 1.807) is 0 Å². The van der Waals surface area contributed by atoms with Gasteiger partial charge in [0.1, 0.15) is 11.9 Å². The summed E-state index contributed by atoms with van der Waals surface area (Å²) in [6.45, 7) is 10.3. The van der Waals surface area contributed by atoms with Gasteiger partial charge in [0.15, 0.2) is 0 Å². The second-order valence-corrected chi connectivity index (χ2v) is 9.23. The predicted molar refractivity (Wildman–Crippen MR) is 139 cm³/mol. The molecular weight excluding hydrogens is 414 g/mol. The van der Waals surface area contributed by atoms with Gasteiger partial charge in [0.25, 0.3) is 0 Å². The highest BCUT2D eigenvalue weighted by Crippen LogP contribution is 2.49. The second-order valence-electron chi connectivity index (χ2n) is 9.23. The Morgan fingerprint density at radius 3 is 1.97 bits per heavy atom. The molecule has 0 spiro atoms. The molecular formula is C31H27N3. The van der Waals surface area contributed by atoms with Gasteiger partial charge in [0.2, 0.25) is 6.67 Å². The van der Waals surface area contributed by atoms with E-state index in [2.05, 4.69) is 134 Å². The van der Waals surface area contributed by atoms with Crippen LogP contribution in [0, 0.1) is 27.4 Å². The van der Waals surface area contributed by atoms with Gasteiger partial charge in [0, 0.05) is 11.3 Å². The van der Waals surface area contributed by atoms with Crippen LogP contribution in [0.1, 0.15) is 45.5 Å². The lowest BCUT2D eigenvalue weighted by Gasteiger charge is -2.40. The molecule has 2 atom stereocenters. The number of rotatable bonds is 3. The molecule has 0 unspecified atom stereocenters. The maximum Gasteiger partial charge on any atom is 0.215 e. The van der Waals surface area contributed by atoms with Crippen molar-refractivity contribution in [3.8, 4) is 0 Å². The summed E-state index contributed by atoms with van der Waals surface area (Å²) in [5.74, 6) is 0.983. The lowest BCUT2D eigenvalue weighted by molar-refractivity contribution is 0.357. The minimum atomic E-state index is -0.0145. The van der Waals surface area contributed by atoms with Crippen LogP contribution in [0.25, 0.3) is 0 Å². The number of benzene rings is 4. The van der Waals surface area contributed by atoms with Gasteiger partial charge in [-0.05, 0) is 55.2 Å². The molecule has 0 saturated heterocycles. The predicted octanol–water partition coefficient (Wildman–Crippen LogP) is 7.30. The van der Waals surface area contributed by atoms with Crippen LogP contribution in [0.15, 0.2) is 102 Å². The number of aryl methyl sites for hydroxylation is 3. The largest absolute Gasteiger partial charge is 0.316 e. The van der Waals surface area contributed by atoms with Gasteiger partial charge >= 0.3 is 0 Å². The van der Waals surface area contributed by atoms with E-state index in [9.17, 15) is 0 Å². The van der Waals surface area contributed by atoms with Crippen LogP contribution in [-0.4, -0.2) is 10.7 Å². The molecule has 166 valence electrons. The average Bonchev–Trinajstić information content (AvgIpc) is 3.24. The normalized spacial score (nSPS) is 19.0. The number of aliphatic imine (C=N–C) groups is 1. The molecule has 0 aromatic heterocycles. The summed E-state index contributed by atoms with van der Waals surface area (Å²) in [5, 5.41) is 0. The van der Waals surface area contributed by atoms with Crippen LogP contribution in [-0.2, 0) is 0 Å². The highest BCUT2D eigenvalue weighted by molar-refractivity contribution is 6.08. The van der Waals surface area contributed by atoms with Crippen molar-refractivity contribution in [3.05, 3.63) is 137 Å². The first kappa shape index (κ1) is 20.7. The molecule has 0 saturated carbocycles. The highest BCUT2D eigenvalue weighted by atomic mass is 15.4. The van der Waals surface area contributed by atoms with Crippen molar-refractivity contribution in [1.29, 1.82) is 0 Å². The zero-order chi connectivity index (χ0) is 23.2. The Hall–Kier alpha value is -3.85. The highest BCUT2D eigenvalue weighted by Gasteiger charge is 2.44. The van der Waals surface area contributed by atoms with Crippen molar-refractivity contribution >= 4 is 17.2 Å². The molecule has 3 nitrogen and oxygen atoms in total. The Kier molecular flexibility index (Phi) is 4.99. The summed E-state index contributed by atoms with van der Waals surface area (Å²) in [4.78, 5) is 9.82. The Labute approximate surface area is 202 Å². The monoisotopic (exact) mass is 441 g/mol. The molecule has 0 amide bonds. The Morgan fingerprint density at radius 2 is 1.29 bits per heavy atom. The quantitative estimate of drug-likeness (QED) is 0.332. The summed E-state index contributed by atoms with van der Waals surface area (Å²) in [5.41, 5.74) is 9.66. The lowest BCUT2D eigenvalue weighted by atomic mass is 9.93. The number of nitrogens with zero attached hydrogens (tertiary/aromatic N) is 3. The van der Waals surface area contributed by atoms with E-state index >= 15 is 0 Å². The molecule has 4 aromatic carbocycles. The minimum Gasteiger partial charge on any atom is -0.316 e. The molecule has 2 aliphatic heterocycles. The molecule has 34 heavy (non-hydrogen) atoms. The number of para-hydroxylation sites is 1. The first-order chi connectivity index (χ1) is 16.6. The van der Waals surface area contributed by atoms with E-state index in [1.165, 1.54) is 33.5 Å². The second kappa shape index (κ2) is 8.18. The average molecular weight is 442 g/mol. The van der Waals surface area contributed by atoms with Crippen LogP contribution >= 0.6 is 0 Å². The Bertz CT molecular complexity index is 1350. The maximum absolute atomic E-state index is 5.32. The molecule has 0 fully saturated rings. The van der Waals surface area contributed by atoms with Crippen molar-refractivity contribution in [3.63, 3.8) is 0 Å². The third-order valence-corrected chi connectivity index (χ3v) is 6.80. The summed E-state index contributed by atoms with van der Waals surface area (Å²) >= 11 is 0. The van der Waals surface area contributed by atoms with E-state index in [4.69, 9.17) is 4.99 Å². The fourth-order valence-electron chi connectivity index (χ4n) is 5.45. The molecule has 2 aliphatic rings. The van der Waals surface area contributed by atoms with Crippen molar-refractivity contribution in [2.45, 2.75) is 32.9 Å². The first-order valence-corrected chi connectivity index (χ1v) is 11.8. The molecule has 0 bridgehead atoms. The van der Waals surface area contributed by atoms with Gasteiger partial charge in [-0.1, -0.05) is 90.5 Å². The molecule has 0 N–H and O–H groups in total. The van der Waals surface area contributed by atoms with Crippen LogP contribution < -0.4 is 4.90 Å². The summed E-state index contributed by atoms with van der Waals surface area (Å²) in [6.07, 6.45) is 0. The summed E-state index contributed by atoms with van der Waals surface area (Å²) in [7, 11) is 0. The van der Waals surface area contributed by atoms with E-state index in [-0.39, 0.29) is 12.1 Å². The summed E-state index contributed by atoms with van der Waals surface area (Å²) < 4.78 is 0. The number of amidine groups is 1. The molecule has 2 heterocycles. The van der Waals surface area contributed by atoms with E-state index in [0.29, 0.717) is 0 Å². The van der Waals surface area contributed by atoms with Crippen LogP contribution in [0.3, 0.4) is 0 Å². The zero-order valence-electron chi connectivity index (χ0n) is 19.7. The number of hydrogen-bond donors (Lipinski definition) is 0. The van der Waals surface area contributed by atoms with Gasteiger partial charge < -0.3 is 9.80 Å². The van der Waals surface area contributed by atoms with E-state index in [0.717, 1.165) is 17.1 Å². The van der Waals surface area contributed by atoms with Gasteiger partial charge in [-0.3, -0.25) is 4.99 Å². The van der Waals surface area contributed by atoms with Gasteiger partial charge in [-0.2, -0.15) is 0 Å². The van der Waals surface area contributed by atoms with E-state index in [1.807, 2.05) is 0 Å². The molecule has 0 aliphatic carbocycles. The first-order valence-electron chi connectivity index (χ1n) is 11.8. The topological polar surface area (TPSA) is 18.8 Å². The van der Waals surface area contributed by atoms with Gasteiger partial charge in [-0.25, -0.2) is 0 Å². The molecule has 3 heteroatoms. The fraction of sp³-hybridized carbons (Fsp3) is 0.161. The minimum absolute atomic E-state index is 0.0145. The van der Waals surface area contributed by atoms with E-state index < -0.39 is 0 Å². The van der Waals surface area contributed by atoms with Crippen LogP contribution in [0.5, 0.6) is 0 Å².